The average Bonchev–Trinajstić information content (AvgIpc) is 3.46. The maximum atomic E-state index is 13.5. The first-order valence-corrected chi connectivity index (χ1v) is 14.4. The van der Waals surface area contributed by atoms with E-state index in [4.69, 9.17) is 9.47 Å². The number of alkyl halides is 6. The van der Waals surface area contributed by atoms with E-state index < -0.39 is 53.1 Å². The molecule has 3 saturated heterocycles. The smallest absolute Gasteiger partial charge is 0.416 e. The number of hydrogen-bond acceptors (Lipinski definition) is 7. The molecule has 0 atom stereocenters. The van der Waals surface area contributed by atoms with E-state index in [-0.39, 0.29) is 63.6 Å². The molecule has 47 heavy (non-hydrogen) atoms. The summed E-state index contributed by atoms with van der Waals surface area (Å²) in [6.07, 6.45) is -10.3. The van der Waals surface area contributed by atoms with E-state index in [2.05, 4.69) is 0 Å². The monoisotopic (exact) mass is 671 g/mol. The van der Waals surface area contributed by atoms with Crippen LogP contribution in [0.1, 0.15) is 29.5 Å². The van der Waals surface area contributed by atoms with E-state index in [9.17, 15) is 45.5 Å². The minimum absolute atomic E-state index is 0.00649. The van der Waals surface area contributed by atoms with Crippen molar-refractivity contribution in [3.05, 3.63) is 53.1 Å². The number of amides is 5. The molecule has 5 amide bonds. The number of anilines is 1. The molecule has 0 N–H and O–H groups in total. The third-order valence-corrected chi connectivity index (χ3v) is 8.71. The lowest BCUT2D eigenvalue weighted by atomic mass is 9.85. The van der Waals surface area contributed by atoms with Gasteiger partial charge in [0.1, 0.15) is 5.54 Å². The van der Waals surface area contributed by atoms with Crippen LogP contribution in [0.3, 0.4) is 0 Å². The number of carbonyl (C=O) groups excluding carboxylic acids is 4. The standard InChI is InChI=1S/C30H31F6N5O6/c1-37-26(44)28(41(27(37)45)14-18-10-19(29(31,32)33)12-20(11-18)30(34,35)36)6-8-39(9-7-28)24(42)15-38-16-25(43)40(17-38)21-4-5-22(46-2)23(13-21)47-3/h4-5,10-13H,6-9,14-17H2,1-3H3. The minimum atomic E-state index is -5.08. The summed E-state index contributed by atoms with van der Waals surface area (Å²) in [5.41, 5.74) is -4.54. The van der Waals surface area contributed by atoms with E-state index in [0.717, 1.165) is 9.80 Å². The summed E-state index contributed by atoms with van der Waals surface area (Å²) in [5, 5.41) is 0. The van der Waals surface area contributed by atoms with Gasteiger partial charge in [0.25, 0.3) is 5.91 Å². The molecule has 0 unspecified atom stereocenters. The molecule has 0 aromatic heterocycles. The first kappa shape index (κ1) is 33.8. The highest BCUT2D eigenvalue weighted by Gasteiger charge is 2.57. The number of ether oxygens (including phenoxy) is 2. The number of likely N-dealkylation sites (tertiary alicyclic amines) is 1. The van der Waals surface area contributed by atoms with Crippen molar-refractivity contribution < 1.29 is 55.0 Å². The van der Waals surface area contributed by atoms with Crippen LogP contribution < -0.4 is 14.4 Å². The Hall–Kier alpha value is -4.54. The normalized spacial score (nSPS) is 19.0. The highest BCUT2D eigenvalue weighted by molar-refractivity contribution is 6.07. The summed E-state index contributed by atoms with van der Waals surface area (Å²) in [6.45, 7) is -0.776. The molecule has 5 rings (SSSR count). The van der Waals surface area contributed by atoms with Crippen LogP contribution in [-0.4, -0.2) is 103 Å². The number of benzene rings is 2. The zero-order chi connectivity index (χ0) is 34.5. The minimum Gasteiger partial charge on any atom is -0.493 e. The Labute approximate surface area is 265 Å². The van der Waals surface area contributed by atoms with Crippen LogP contribution >= 0.6 is 0 Å². The van der Waals surface area contributed by atoms with Crippen LogP contribution in [0.25, 0.3) is 0 Å². The molecule has 0 aliphatic carbocycles. The van der Waals surface area contributed by atoms with Crippen LogP contribution in [0, 0.1) is 0 Å². The number of piperidine rings is 1. The van der Waals surface area contributed by atoms with Crippen molar-refractivity contribution in [2.45, 2.75) is 37.3 Å². The molecule has 3 aliphatic heterocycles. The lowest BCUT2D eigenvalue weighted by Crippen LogP contribution is -2.57. The number of rotatable bonds is 7. The predicted molar refractivity (Wildman–Crippen MR) is 152 cm³/mol. The Morgan fingerprint density at radius 1 is 0.872 bits per heavy atom. The first-order valence-electron chi connectivity index (χ1n) is 14.4. The van der Waals surface area contributed by atoms with Crippen molar-refractivity contribution in [1.82, 2.24) is 19.6 Å². The zero-order valence-electron chi connectivity index (χ0n) is 25.6. The second kappa shape index (κ2) is 12.2. The van der Waals surface area contributed by atoms with Crippen molar-refractivity contribution in [3.63, 3.8) is 0 Å². The Bertz CT molecular complexity index is 1560. The molecule has 3 heterocycles. The Morgan fingerprint density at radius 3 is 2.02 bits per heavy atom. The third kappa shape index (κ3) is 6.40. The van der Waals surface area contributed by atoms with Gasteiger partial charge in [0.05, 0.1) is 45.1 Å². The molecule has 2 aromatic rings. The van der Waals surface area contributed by atoms with Crippen molar-refractivity contribution in [2.75, 3.05) is 59.0 Å². The molecule has 0 saturated carbocycles. The fourth-order valence-corrected chi connectivity index (χ4v) is 6.22. The van der Waals surface area contributed by atoms with Gasteiger partial charge in [-0.3, -0.25) is 29.1 Å². The van der Waals surface area contributed by atoms with Gasteiger partial charge in [-0.2, -0.15) is 26.3 Å². The SMILES string of the molecule is COc1ccc(N2CN(CC(=O)N3CCC4(CC3)C(=O)N(C)C(=O)N4Cc3cc(C(F)(F)F)cc(C(F)(F)F)c3)CC2=O)cc1OC. The summed E-state index contributed by atoms with van der Waals surface area (Å²) in [6, 6.07) is 5.15. The van der Waals surface area contributed by atoms with Gasteiger partial charge in [0.15, 0.2) is 11.5 Å². The predicted octanol–water partition coefficient (Wildman–Crippen LogP) is 3.80. The molecule has 0 radical (unpaired) electrons. The summed E-state index contributed by atoms with van der Waals surface area (Å²) in [4.78, 5) is 58.8. The lowest BCUT2D eigenvalue weighted by molar-refractivity contribution is -0.143. The van der Waals surface area contributed by atoms with E-state index in [1.807, 2.05) is 0 Å². The van der Waals surface area contributed by atoms with E-state index in [1.54, 1.807) is 23.1 Å². The number of hydrogen-bond donors (Lipinski definition) is 0. The van der Waals surface area contributed by atoms with Crippen LogP contribution in [0.4, 0.5) is 36.8 Å². The van der Waals surface area contributed by atoms with Gasteiger partial charge >= 0.3 is 18.4 Å². The summed E-state index contributed by atoms with van der Waals surface area (Å²) >= 11 is 0. The van der Waals surface area contributed by atoms with Gasteiger partial charge in [-0.05, 0) is 48.7 Å². The molecule has 3 fully saturated rings. The number of nitrogens with zero attached hydrogens (tertiary/aromatic N) is 5. The van der Waals surface area contributed by atoms with Gasteiger partial charge in [-0.15, -0.1) is 0 Å². The number of likely N-dealkylation sites (N-methyl/N-ethyl adjacent to an activating group) is 1. The zero-order valence-corrected chi connectivity index (χ0v) is 25.6. The second-order valence-corrected chi connectivity index (χ2v) is 11.5. The third-order valence-electron chi connectivity index (χ3n) is 8.71. The van der Waals surface area contributed by atoms with Crippen molar-refractivity contribution >= 4 is 29.4 Å². The van der Waals surface area contributed by atoms with Gasteiger partial charge in [-0.25, -0.2) is 4.79 Å². The fourth-order valence-electron chi connectivity index (χ4n) is 6.22. The molecular weight excluding hydrogens is 640 g/mol. The number of urea groups is 1. The molecule has 0 bridgehead atoms. The second-order valence-electron chi connectivity index (χ2n) is 11.5. The van der Waals surface area contributed by atoms with Gasteiger partial charge in [-0.1, -0.05) is 0 Å². The summed E-state index contributed by atoms with van der Waals surface area (Å²) in [5.74, 6) is -0.368. The van der Waals surface area contributed by atoms with E-state index in [1.165, 1.54) is 31.1 Å². The molecule has 1 spiro atoms. The number of imide groups is 1. The first-order chi connectivity index (χ1) is 22.0. The number of carbonyl (C=O) groups is 4. The van der Waals surface area contributed by atoms with Gasteiger partial charge < -0.3 is 19.3 Å². The Balaban J connectivity index is 1.28. The van der Waals surface area contributed by atoms with E-state index in [0.29, 0.717) is 29.3 Å². The highest BCUT2D eigenvalue weighted by Crippen LogP contribution is 2.41. The van der Waals surface area contributed by atoms with Crippen molar-refractivity contribution in [1.29, 1.82) is 0 Å². The van der Waals surface area contributed by atoms with Crippen LogP contribution in [0.2, 0.25) is 0 Å². The summed E-state index contributed by atoms with van der Waals surface area (Å²) in [7, 11) is 4.13. The van der Waals surface area contributed by atoms with Crippen LogP contribution in [-0.2, 0) is 33.3 Å². The largest absolute Gasteiger partial charge is 0.493 e. The molecule has 2 aromatic carbocycles. The lowest BCUT2D eigenvalue weighted by Gasteiger charge is -2.42. The Morgan fingerprint density at radius 2 is 1.47 bits per heavy atom. The molecule has 254 valence electrons. The molecular formula is C30H31F6N5O6. The maximum Gasteiger partial charge on any atom is 0.416 e. The maximum absolute atomic E-state index is 13.5. The average molecular weight is 672 g/mol. The quantitative estimate of drug-likeness (QED) is 0.326. The molecule has 3 aliphatic rings. The molecule has 11 nitrogen and oxygen atoms in total. The van der Waals surface area contributed by atoms with Gasteiger partial charge in [0, 0.05) is 38.4 Å². The molecule has 17 heteroatoms. The van der Waals surface area contributed by atoms with Crippen molar-refractivity contribution in [2.24, 2.45) is 0 Å². The number of halogens is 6. The topological polar surface area (TPSA) is 103 Å². The highest BCUT2D eigenvalue weighted by atomic mass is 19.4. The fraction of sp³-hybridized carbons (Fsp3) is 0.467. The van der Waals surface area contributed by atoms with Crippen LogP contribution in [0.15, 0.2) is 36.4 Å². The Kier molecular flexibility index (Phi) is 8.81. The summed E-state index contributed by atoms with van der Waals surface area (Å²) < 4.78 is 91.3. The number of methoxy groups -OCH3 is 2. The van der Waals surface area contributed by atoms with Crippen molar-refractivity contribution in [3.8, 4) is 11.5 Å². The van der Waals surface area contributed by atoms with Crippen LogP contribution in [0.5, 0.6) is 11.5 Å². The van der Waals surface area contributed by atoms with E-state index >= 15 is 0 Å². The van der Waals surface area contributed by atoms with Gasteiger partial charge in [0.2, 0.25) is 11.8 Å².